The number of esters is 1. The van der Waals surface area contributed by atoms with Crippen molar-refractivity contribution in [3.63, 3.8) is 0 Å². The Kier molecular flexibility index (Phi) is 39.6. The quantitative estimate of drug-likeness (QED) is 0.0464. The fourth-order valence-electron chi connectivity index (χ4n) is 12.6. The molecule has 1 heterocycles. The first-order chi connectivity index (χ1) is 46.3. The van der Waals surface area contributed by atoms with Crippen molar-refractivity contribution in [1.29, 1.82) is 0 Å². The molecule has 1 fully saturated rings. The molecule has 576 valence electrons. The Morgan fingerprint density at radius 2 is 0.950 bits per heavy atom. The van der Waals surface area contributed by atoms with Crippen LogP contribution in [0.3, 0.4) is 0 Å². The van der Waals surface area contributed by atoms with Crippen LogP contribution >= 0.6 is 11.8 Å². The van der Waals surface area contributed by atoms with Crippen LogP contribution in [0.4, 0.5) is 0 Å². The average Bonchev–Trinajstić information content (AvgIpc) is 0.800. The molecule has 0 unspecified atom stereocenters. The van der Waals surface area contributed by atoms with Gasteiger partial charge >= 0.3 is 5.97 Å². The van der Waals surface area contributed by atoms with Crippen molar-refractivity contribution in [2.75, 3.05) is 68.7 Å². The number of methoxy groups -OCH3 is 1. The fourth-order valence-corrected chi connectivity index (χ4v) is 13.8. The molecular weight excluding hydrogens is 1300 g/mol. The summed E-state index contributed by atoms with van der Waals surface area (Å²) in [6, 6.07) is -14.2. The van der Waals surface area contributed by atoms with Crippen molar-refractivity contribution in [2.24, 2.45) is 47.2 Å². The second-order valence-corrected chi connectivity index (χ2v) is 32.7. The first-order valence-corrected chi connectivity index (χ1v) is 37.4. The van der Waals surface area contributed by atoms with Gasteiger partial charge in [-0.2, -0.15) is 11.8 Å². The van der Waals surface area contributed by atoms with Crippen molar-refractivity contribution in [1.82, 2.24) is 55.6 Å². The van der Waals surface area contributed by atoms with Crippen LogP contribution in [0.15, 0.2) is 0 Å². The number of hydrogen-bond acceptors (Lipinski definition) is 16. The maximum absolute atomic E-state index is 15.6. The summed E-state index contributed by atoms with van der Waals surface area (Å²) >= 11 is 1.30. The number of nitrogens with two attached hydrogens (primary N) is 1. The van der Waals surface area contributed by atoms with Crippen LogP contribution in [0.1, 0.15) is 208 Å². The molecule has 0 radical (unpaired) electrons. The highest BCUT2D eigenvalue weighted by atomic mass is 32.2. The molecule has 100 heavy (non-hydrogen) atoms. The number of nitrogens with zero attached hydrogens (tertiary/aromatic N) is 7. The Morgan fingerprint density at radius 1 is 0.500 bits per heavy atom. The summed E-state index contributed by atoms with van der Waals surface area (Å²) in [7, 11) is 11.3. The van der Waals surface area contributed by atoms with E-state index < -0.39 is 166 Å². The van der Waals surface area contributed by atoms with Crippen LogP contribution in [0.5, 0.6) is 0 Å². The van der Waals surface area contributed by atoms with E-state index in [9.17, 15) is 29.1 Å². The van der Waals surface area contributed by atoms with E-state index in [1.807, 2.05) is 69.2 Å². The van der Waals surface area contributed by atoms with E-state index in [-0.39, 0.29) is 67.9 Å². The number of nitrogens with one attached hydrogen (secondary N) is 4. The SMILES string of the molecule is CC[C@@H]1NC(=O)[C@H]([C@H](O)[C@H](C)CCCCCCN)N(C)C(=O)[C@H](C(C)C)N(C)C(=O)[C@H](CCC(C)C)N(C)C(=O)[C@H](CC(C)C)N(C)C(=O)[C@H](C)NC(=O)[C@@H](C)NC(=O)[C@@H](CC(C)C)N(C)C(=O)[C@@H](C(C)C)NC(=O)[C@H](CC(C)C)N(C)C(=O)[C@@H](CSC(C)(C)CCC(=O)OC)N(C)C1=O. The van der Waals surface area contributed by atoms with Gasteiger partial charge in [-0.3, -0.25) is 57.5 Å². The average molecular weight is 1440 g/mol. The minimum absolute atomic E-state index is 0.0391. The zero-order valence-corrected chi connectivity index (χ0v) is 66.8. The van der Waals surface area contributed by atoms with E-state index in [0.717, 1.165) is 24.2 Å². The number of carbonyl (C=O) groups excluding carboxylic acids is 12. The molecule has 0 aliphatic carbocycles. The molecule has 1 aliphatic rings. The molecular formula is C73H134N12O14S. The van der Waals surface area contributed by atoms with E-state index in [1.54, 1.807) is 41.5 Å². The number of hydrogen-bond donors (Lipinski definition) is 6. The monoisotopic (exact) mass is 1430 g/mol. The van der Waals surface area contributed by atoms with Gasteiger partial charge in [-0.1, -0.05) is 130 Å². The lowest BCUT2D eigenvalue weighted by atomic mass is 9.90. The zero-order valence-electron chi connectivity index (χ0n) is 65.9. The predicted molar refractivity (Wildman–Crippen MR) is 392 cm³/mol. The number of aliphatic hydroxyl groups excluding tert-OH is 1. The minimum Gasteiger partial charge on any atom is -0.469 e. The molecule has 0 saturated carbocycles. The molecule has 1 aliphatic heterocycles. The molecule has 1 rings (SSSR count). The molecule has 0 spiro atoms. The van der Waals surface area contributed by atoms with Gasteiger partial charge in [0.2, 0.25) is 65.0 Å². The number of unbranched alkanes of at least 4 members (excludes halogenated alkanes) is 3. The Hall–Kier alpha value is -6.09. The lowest BCUT2D eigenvalue weighted by Crippen LogP contribution is -2.64. The van der Waals surface area contributed by atoms with Crippen molar-refractivity contribution >= 4 is 82.7 Å². The molecule has 27 heteroatoms. The molecule has 7 N–H and O–H groups in total. The van der Waals surface area contributed by atoms with Crippen molar-refractivity contribution < 1.29 is 67.4 Å². The van der Waals surface area contributed by atoms with Gasteiger partial charge in [-0.15, -0.1) is 0 Å². The number of rotatable bonds is 26. The third-order valence-electron chi connectivity index (χ3n) is 19.4. The van der Waals surface area contributed by atoms with Crippen LogP contribution in [0.2, 0.25) is 0 Å². The largest absolute Gasteiger partial charge is 0.469 e. The topological polar surface area (TPSA) is 331 Å². The van der Waals surface area contributed by atoms with E-state index in [4.69, 9.17) is 10.5 Å². The molecule has 0 aromatic rings. The van der Waals surface area contributed by atoms with Crippen LogP contribution in [0.25, 0.3) is 0 Å². The summed E-state index contributed by atoms with van der Waals surface area (Å²) < 4.78 is 4.25. The summed E-state index contributed by atoms with van der Waals surface area (Å²) in [5.41, 5.74) is 5.79. The third-order valence-corrected chi connectivity index (χ3v) is 20.8. The standard InChI is InChI=1S/C73H134N12O14S/c1-27-51-67(93)83(23)56(41-100-73(17,18)36-35-57(86)99-26)70(96)80(20)54(39-44(6)7)64(90)78-58(46(10)11)71(97)81(21)53(38-43(4)5)63(89)75-49(15)62(88)76-50(16)66(92)82(22)55(40-45(8)9)69(95)79(19)52(34-33-42(2)3)68(94)84(24)59(47(12)13)72(98)85(25)60(65(91)77-51)61(87)48(14)32-30-28-29-31-37-74/h42-56,58-61,87H,27-41,74H2,1-26H3,(H,75,89)(H,76,88)(H,77,91)(H,78,90)/t48-,49-,50+,51+,52+,53-,54+,55+,56-,58-,59+,60+,61-/m1/s1. The molecule has 0 aromatic heterocycles. The highest BCUT2D eigenvalue weighted by molar-refractivity contribution is 8.00. The van der Waals surface area contributed by atoms with Gasteiger partial charge in [-0.05, 0) is 120 Å². The maximum atomic E-state index is 15.6. The smallest absolute Gasteiger partial charge is 0.305 e. The highest BCUT2D eigenvalue weighted by Crippen LogP contribution is 2.33. The summed E-state index contributed by atoms with van der Waals surface area (Å²) in [6.07, 6.45) is 3.29. The lowest BCUT2D eigenvalue weighted by Gasteiger charge is -2.41. The third kappa shape index (κ3) is 27.6. The number of carbonyl (C=O) groups is 12. The molecule has 26 nitrogen and oxygen atoms in total. The molecule has 13 atom stereocenters. The first-order valence-electron chi connectivity index (χ1n) is 36.5. The van der Waals surface area contributed by atoms with Crippen molar-refractivity contribution in [3.05, 3.63) is 0 Å². The fraction of sp³-hybridized carbons (Fsp3) is 0.836. The number of amides is 11. The van der Waals surface area contributed by atoms with Crippen molar-refractivity contribution in [3.8, 4) is 0 Å². The minimum atomic E-state index is -1.66. The van der Waals surface area contributed by atoms with E-state index in [1.165, 1.54) is 111 Å². The normalized spacial score (nSPS) is 25.4. The summed E-state index contributed by atoms with van der Waals surface area (Å²) in [6.45, 7) is 32.6. The number of likely N-dealkylation sites (N-methyl/N-ethyl adjacent to an activating group) is 7. The number of aliphatic hydroxyl groups is 1. The molecule has 0 aromatic carbocycles. The number of ether oxygens (including phenoxy) is 1. The Balaban J connectivity index is 4.65. The van der Waals surface area contributed by atoms with Gasteiger partial charge in [0.15, 0.2) is 0 Å². The van der Waals surface area contributed by atoms with E-state index in [0.29, 0.717) is 32.2 Å². The first kappa shape index (κ1) is 91.9. The van der Waals surface area contributed by atoms with Gasteiger partial charge in [0.25, 0.3) is 0 Å². The summed E-state index contributed by atoms with van der Waals surface area (Å²) in [5.74, 6) is -10.4. The zero-order chi connectivity index (χ0) is 77.3. The summed E-state index contributed by atoms with van der Waals surface area (Å²) in [5, 5.41) is 23.7. The van der Waals surface area contributed by atoms with E-state index >= 15 is 33.6 Å². The molecule has 11 amide bonds. The van der Waals surface area contributed by atoms with Gasteiger partial charge in [0, 0.05) is 66.3 Å². The second-order valence-electron chi connectivity index (χ2n) is 31.0. The number of thioether (sulfide) groups is 1. The van der Waals surface area contributed by atoms with Gasteiger partial charge in [0.05, 0.1) is 13.2 Å². The second kappa shape index (κ2) is 43.1. The van der Waals surface area contributed by atoms with Gasteiger partial charge in [-0.25, -0.2) is 0 Å². The van der Waals surface area contributed by atoms with Crippen LogP contribution in [0, 0.1) is 41.4 Å². The van der Waals surface area contributed by atoms with Crippen molar-refractivity contribution in [2.45, 2.75) is 285 Å². The molecule has 0 bridgehead atoms. The Morgan fingerprint density at radius 3 is 1.44 bits per heavy atom. The van der Waals surface area contributed by atoms with Crippen LogP contribution in [-0.4, -0.2) is 256 Å². The summed E-state index contributed by atoms with van der Waals surface area (Å²) in [4.78, 5) is 187. The lowest BCUT2D eigenvalue weighted by molar-refractivity contribution is -0.157. The maximum Gasteiger partial charge on any atom is 0.305 e. The molecule has 1 saturated heterocycles. The predicted octanol–water partition coefficient (Wildman–Crippen LogP) is 5.44. The van der Waals surface area contributed by atoms with Crippen LogP contribution < -0.4 is 27.0 Å². The van der Waals surface area contributed by atoms with Gasteiger partial charge in [0.1, 0.15) is 66.5 Å². The Bertz CT molecular complexity index is 2700. The highest BCUT2D eigenvalue weighted by Gasteiger charge is 2.47. The van der Waals surface area contributed by atoms with Gasteiger partial charge < -0.3 is 71.1 Å². The van der Waals surface area contributed by atoms with Crippen LogP contribution in [-0.2, 0) is 62.3 Å². The Labute approximate surface area is 604 Å². The van der Waals surface area contributed by atoms with E-state index in [2.05, 4.69) is 21.3 Å².